The van der Waals surface area contributed by atoms with Crippen LogP contribution in [0.25, 0.3) is 0 Å². The zero-order valence-corrected chi connectivity index (χ0v) is 11.1. The first-order valence-electron chi connectivity index (χ1n) is 6.58. The lowest BCUT2D eigenvalue weighted by atomic mass is 9.91. The summed E-state index contributed by atoms with van der Waals surface area (Å²) in [5, 5.41) is 2.50. The van der Waals surface area contributed by atoms with E-state index < -0.39 is 0 Å². The number of carbonyl (C=O) groups excluding carboxylic acids is 1. The fourth-order valence-corrected chi connectivity index (χ4v) is 3.29. The topological polar surface area (TPSA) is 38.3 Å². The largest absolute Gasteiger partial charge is 0.449 e. The minimum Gasteiger partial charge on any atom is -0.449 e. The SMILES string of the molecule is CNC(=O)OC[C@H]1[C@H]2CCC=C(C)CCC21C. The van der Waals surface area contributed by atoms with Gasteiger partial charge in [0.1, 0.15) is 0 Å². The third-order valence-electron chi connectivity index (χ3n) is 4.70. The number of hydrogen-bond donors (Lipinski definition) is 1. The lowest BCUT2D eigenvalue weighted by Crippen LogP contribution is -2.21. The minimum absolute atomic E-state index is 0.304. The van der Waals surface area contributed by atoms with Gasteiger partial charge < -0.3 is 10.1 Å². The van der Waals surface area contributed by atoms with E-state index in [1.165, 1.54) is 31.3 Å². The molecule has 2 aliphatic carbocycles. The number of rotatable bonds is 2. The zero-order valence-electron chi connectivity index (χ0n) is 11.1. The number of fused-ring (bicyclic) bond motifs is 1. The van der Waals surface area contributed by atoms with Gasteiger partial charge in [-0.2, -0.15) is 0 Å². The highest BCUT2D eigenvalue weighted by atomic mass is 16.5. The number of carbonyl (C=O) groups is 1. The van der Waals surface area contributed by atoms with E-state index in [1.54, 1.807) is 7.05 Å². The van der Waals surface area contributed by atoms with Crippen LogP contribution in [0.3, 0.4) is 0 Å². The van der Waals surface area contributed by atoms with Gasteiger partial charge in [0, 0.05) is 13.0 Å². The van der Waals surface area contributed by atoms with Crippen molar-refractivity contribution in [2.75, 3.05) is 13.7 Å². The van der Waals surface area contributed by atoms with Crippen LogP contribution in [-0.2, 0) is 4.74 Å². The molecule has 3 nitrogen and oxygen atoms in total. The number of amides is 1. The molecule has 2 rings (SSSR count). The Morgan fingerprint density at radius 2 is 2.41 bits per heavy atom. The summed E-state index contributed by atoms with van der Waals surface area (Å²) in [7, 11) is 1.60. The second-order valence-corrected chi connectivity index (χ2v) is 5.70. The van der Waals surface area contributed by atoms with E-state index >= 15 is 0 Å². The summed E-state index contributed by atoms with van der Waals surface area (Å²) in [5.74, 6) is 1.32. The molecule has 0 radical (unpaired) electrons. The van der Waals surface area contributed by atoms with Crippen LogP contribution in [0, 0.1) is 17.3 Å². The summed E-state index contributed by atoms with van der Waals surface area (Å²) in [5.41, 5.74) is 1.92. The number of nitrogens with one attached hydrogen (secondary N) is 1. The van der Waals surface area contributed by atoms with Gasteiger partial charge in [0.05, 0.1) is 6.61 Å². The van der Waals surface area contributed by atoms with Crippen molar-refractivity contribution < 1.29 is 9.53 Å². The normalized spacial score (nSPS) is 36.1. The van der Waals surface area contributed by atoms with E-state index in [-0.39, 0.29) is 6.09 Å². The first-order chi connectivity index (χ1) is 8.08. The van der Waals surface area contributed by atoms with Crippen LogP contribution in [-0.4, -0.2) is 19.7 Å². The Balaban J connectivity index is 1.89. The van der Waals surface area contributed by atoms with E-state index in [0.29, 0.717) is 17.9 Å². The number of alkyl carbamates (subject to hydrolysis) is 1. The Kier molecular flexibility index (Phi) is 3.45. The molecule has 3 heteroatoms. The van der Waals surface area contributed by atoms with Gasteiger partial charge in [0.2, 0.25) is 0 Å². The molecule has 2 aliphatic rings. The van der Waals surface area contributed by atoms with Crippen LogP contribution in [0.5, 0.6) is 0 Å². The molecule has 17 heavy (non-hydrogen) atoms. The highest BCUT2D eigenvalue weighted by molar-refractivity contribution is 5.66. The lowest BCUT2D eigenvalue weighted by molar-refractivity contribution is 0.137. The van der Waals surface area contributed by atoms with Crippen molar-refractivity contribution >= 4 is 6.09 Å². The van der Waals surface area contributed by atoms with Crippen molar-refractivity contribution in [3.8, 4) is 0 Å². The molecule has 0 saturated heterocycles. The maximum atomic E-state index is 11.1. The lowest BCUT2D eigenvalue weighted by Gasteiger charge is -2.14. The van der Waals surface area contributed by atoms with Crippen LogP contribution >= 0.6 is 0 Å². The summed E-state index contributed by atoms with van der Waals surface area (Å²) in [6.45, 7) is 5.16. The standard InChI is InChI=1S/C14H23NO2/c1-10-5-4-6-11-12(9-17-13(16)15-3)14(11,2)8-7-10/h5,11-12H,4,6-9H2,1-3H3,(H,15,16)/t11-,12+,14?/m1/s1. The average molecular weight is 237 g/mol. The van der Waals surface area contributed by atoms with Gasteiger partial charge in [-0.05, 0) is 43.9 Å². The van der Waals surface area contributed by atoms with Crippen molar-refractivity contribution in [3.63, 3.8) is 0 Å². The molecule has 0 aromatic rings. The van der Waals surface area contributed by atoms with Crippen LogP contribution in [0.2, 0.25) is 0 Å². The molecule has 0 aliphatic heterocycles. The first-order valence-corrected chi connectivity index (χ1v) is 6.58. The molecule has 0 aromatic heterocycles. The van der Waals surface area contributed by atoms with E-state index in [1.807, 2.05) is 0 Å². The van der Waals surface area contributed by atoms with Crippen molar-refractivity contribution in [3.05, 3.63) is 11.6 Å². The van der Waals surface area contributed by atoms with Gasteiger partial charge in [-0.3, -0.25) is 0 Å². The molecule has 1 saturated carbocycles. The van der Waals surface area contributed by atoms with Gasteiger partial charge in [-0.1, -0.05) is 18.6 Å². The van der Waals surface area contributed by atoms with Crippen molar-refractivity contribution in [2.45, 2.75) is 39.5 Å². The Bertz CT molecular complexity index is 337. The van der Waals surface area contributed by atoms with Crippen LogP contribution in [0.4, 0.5) is 4.79 Å². The third kappa shape index (κ3) is 2.48. The Morgan fingerprint density at radius 1 is 1.65 bits per heavy atom. The van der Waals surface area contributed by atoms with E-state index in [2.05, 4.69) is 25.2 Å². The summed E-state index contributed by atoms with van der Waals surface area (Å²) in [4.78, 5) is 11.1. The van der Waals surface area contributed by atoms with Gasteiger partial charge in [0.25, 0.3) is 0 Å². The van der Waals surface area contributed by atoms with Crippen LogP contribution in [0.1, 0.15) is 39.5 Å². The van der Waals surface area contributed by atoms with Gasteiger partial charge in [-0.25, -0.2) is 4.79 Å². The second-order valence-electron chi connectivity index (χ2n) is 5.70. The minimum atomic E-state index is -0.304. The molecule has 3 atom stereocenters. The molecular formula is C14H23NO2. The maximum absolute atomic E-state index is 11.1. The van der Waals surface area contributed by atoms with Crippen LogP contribution < -0.4 is 5.32 Å². The zero-order chi connectivity index (χ0) is 12.5. The van der Waals surface area contributed by atoms with Crippen molar-refractivity contribution in [1.29, 1.82) is 0 Å². The second kappa shape index (κ2) is 4.71. The van der Waals surface area contributed by atoms with Crippen LogP contribution in [0.15, 0.2) is 11.6 Å². The summed E-state index contributed by atoms with van der Waals surface area (Å²) in [6, 6.07) is 0. The molecule has 0 bridgehead atoms. The van der Waals surface area contributed by atoms with Gasteiger partial charge in [-0.15, -0.1) is 0 Å². The molecular weight excluding hydrogens is 214 g/mol. The molecule has 0 aromatic carbocycles. The summed E-state index contributed by atoms with van der Waals surface area (Å²) >= 11 is 0. The smallest absolute Gasteiger partial charge is 0.406 e. The Labute approximate surface area is 104 Å². The highest BCUT2D eigenvalue weighted by Crippen LogP contribution is 2.64. The molecule has 0 heterocycles. The molecule has 96 valence electrons. The van der Waals surface area contributed by atoms with Crippen molar-refractivity contribution in [2.24, 2.45) is 17.3 Å². The summed E-state index contributed by atoms with van der Waals surface area (Å²) in [6.07, 6.45) is 6.93. The molecule has 1 amide bonds. The predicted molar refractivity (Wildman–Crippen MR) is 67.7 cm³/mol. The molecule has 1 unspecified atom stereocenters. The van der Waals surface area contributed by atoms with E-state index in [0.717, 1.165) is 5.92 Å². The molecule has 0 spiro atoms. The summed E-state index contributed by atoms with van der Waals surface area (Å²) < 4.78 is 5.21. The fourth-order valence-electron chi connectivity index (χ4n) is 3.29. The number of allylic oxidation sites excluding steroid dienone is 2. The fraction of sp³-hybridized carbons (Fsp3) is 0.786. The van der Waals surface area contributed by atoms with E-state index in [9.17, 15) is 4.79 Å². The van der Waals surface area contributed by atoms with Crippen molar-refractivity contribution in [1.82, 2.24) is 5.32 Å². The highest BCUT2D eigenvalue weighted by Gasteiger charge is 2.60. The number of ether oxygens (including phenoxy) is 1. The molecule has 1 fully saturated rings. The predicted octanol–water partition coefficient (Wildman–Crippen LogP) is 3.12. The van der Waals surface area contributed by atoms with Gasteiger partial charge >= 0.3 is 6.09 Å². The first kappa shape index (κ1) is 12.5. The average Bonchev–Trinajstić information content (AvgIpc) is 2.85. The van der Waals surface area contributed by atoms with Gasteiger partial charge in [0.15, 0.2) is 0 Å². The quantitative estimate of drug-likeness (QED) is 0.749. The Morgan fingerprint density at radius 3 is 3.12 bits per heavy atom. The number of hydrogen-bond acceptors (Lipinski definition) is 2. The van der Waals surface area contributed by atoms with E-state index in [4.69, 9.17) is 4.74 Å². The Hall–Kier alpha value is -0.990. The monoisotopic (exact) mass is 237 g/mol. The molecule has 1 N–H and O–H groups in total. The third-order valence-corrected chi connectivity index (χ3v) is 4.70. The maximum Gasteiger partial charge on any atom is 0.406 e.